The normalized spacial score (nSPS) is 19.0. The molecule has 5 nitrogen and oxygen atoms in total. The summed E-state index contributed by atoms with van der Waals surface area (Å²) in [7, 11) is -3.44. The van der Waals surface area contributed by atoms with E-state index in [1.807, 2.05) is 49.4 Å². The molecule has 1 heterocycles. The van der Waals surface area contributed by atoms with Gasteiger partial charge in [0.2, 0.25) is 0 Å². The molecule has 0 aliphatic carbocycles. The SMILES string of the molecule is CC[C@H](NC(=O)OCc1ccccc1)[C@H]1Cc2ccccc2S1(=O)=O. The van der Waals surface area contributed by atoms with Crippen molar-refractivity contribution in [2.45, 2.75) is 42.6 Å². The van der Waals surface area contributed by atoms with E-state index >= 15 is 0 Å². The van der Waals surface area contributed by atoms with Crippen molar-refractivity contribution in [1.82, 2.24) is 5.32 Å². The Labute approximate surface area is 147 Å². The minimum Gasteiger partial charge on any atom is -0.445 e. The van der Waals surface area contributed by atoms with Crippen LogP contribution in [-0.2, 0) is 27.6 Å². The largest absolute Gasteiger partial charge is 0.445 e. The highest BCUT2D eigenvalue weighted by Crippen LogP contribution is 2.33. The lowest BCUT2D eigenvalue weighted by molar-refractivity contribution is 0.135. The van der Waals surface area contributed by atoms with Gasteiger partial charge in [-0.1, -0.05) is 55.5 Å². The monoisotopic (exact) mass is 359 g/mol. The lowest BCUT2D eigenvalue weighted by Gasteiger charge is -2.22. The van der Waals surface area contributed by atoms with Crippen LogP contribution in [0.25, 0.3) is 0 Å². The van der Waals surface area contributed by atoms with Gasteiger partial charge in [-0.2, -0.15) is 0 Å². The number of carbonyl (C=O) groups is 1. The molecular weight excluding hydrogens is 338 g/mol. The van der Waals surface area contributed by atoms with Gasteiger partial charge in [-0.05, 0) is 30.0 Å². The molecule has 0 spiro atoms. The zero-order valence-electron chi connectivity index (χ0n) is 14.0. The Hall–Kier alpha value is -2.34. The van der Waals surface area contributed by atoms with Crippen LogP contribution >= 0.6 is 0 Å². The summed E-state index contributed by atoms with van der Waals surface area (Å²) in [4.78, 5) is 12.5. The van der Waals surface area contributed by atoms with Crippen LogP contribution < -0.4 is 5.32 Å². The van der Waals surface area contributed by atoms with Gasteiger partial charge in [0.25, 0.3) is 0 Å². The summed E-state index contributed by atoms with van der Waals surface area (Å²) in [5, 5.41) is 2.08. The van der Waals surface area contributed by atoms with E-state index in [-0.39, 0.29) is 6.61 Å². The second-order valence-corrected chi connectivity index (χ2v) is 8.25. The van der Waals surface area contributed by atoms with Gasteiger partial charge in [0.05, 0.1) is 10.1 Å². The maximum absolute atomic E-state index is 12.8. The number of hydrogen-bond acceptors (Lipinski definition) is 4. The van der Waals surface area contributed by atoms with E-state index in [2.05, 4.69) is 5.32 Å². The van der Waals surface area contributed by atoms with Crippen LogP contribution in [0.15, 0.2) is 59.5 Å². The van der Waals surface area contributed by atoms with E-state index < -0.39 is 27.2 Å². The molecule has 0 bridgehead atoms. The van der Waals surface area contributed by atoms with E-state index in [9.17, 15) is 13.2 Å². The molecule has 0 unspecified atom stereocenters. The van der Waals surface area contributed by atoms with Gasteiger partial charge < -0.3 is 10.1 Å². The Bertz CT molecular complexity index is 849. The summed E-state index contributed by atoms with van der Waals surface area (Å²) >= 11 is 0. The summed E-state index contributed by atoms with van der Waals surface area (Å²) in [6, 6.07) is 15.9. The second-order valence-electron chi connectivity index (χ2n) is 6.12. The highest BCUT2D eigenvalue weighted by molar-refractivity contribution is 7.92. The first-order valence-electron chi connectivity index (χ1n) is 8.31. The van der Waals surface area contributed by atoms with Crippen molar-refractivity contribution in [1.29, 1.82) is 0 Å². The molecule has 2 aromatic carbocycles. The minimum atomic E-state index is -3.44. The van der Waals surface area contributed by atoms with Gasteiger partial charge in [0.15, 0.2) is 9.84 Å². The third-order valence-electron chi connectivity index (χ3n) is 4.50. The number of nitrogens with one attached hydrogen (secondary N) is 1. The van der Waals surface area contributed by atoms with Crippen molar-refractivity contribution in [3.8, 4) is 0 Å². The number of carbonyl (C=O) groups excluding carboxylic acids is 1. The molecule has 0 saturated heterocycles. The van der Waals surface area contributed by atoms with Crippen molar-refractivity contribution in [3.63, 3.8) is 0 Å². The first-order chi connectivity index (χ1) is 12.0. The molecule has 1 amide bonds. The molecule has 0 fully saturated rings. The maximum Gasteiger partial charge on any atom is 0.407 e. The maximum atomic E-state index is 12.8. The van der Waals surface area contributed by atoms with Crippen LogP contribution in [0.5, 0.6) is 0 Å². The quantitative estimate of drug-likeness (QED) is 0.890. The minimum absolute atomic E-state index is 0.154. The molecule has 2 aromatic rings. The van der Waals surface area contributed by atoms with Crippen molar-refractivity contribution < 1.29 is 17.9 Å². The predicted molar refractivity (Wildman–Crippen MR) is 95.0 cm³/mol. The number of amides is 1. The first-order valence-corrected chi connectivity index (χ1v) is 9.86. The molecule has 0 aromatic heterocycles. The van der Waals surface area contributed by atoms with Gasteiger partial charge in [-0.15, -0.1) is 0 Å². The number of hydrogen-bond donors (Lipinski definition) is 1. The van der Waals surface area contributed by atoms with E-state index in [0.29, 0.717) is 17.7 Å². The molecule has 0 saturated carbocycles. The second kappa shape index (κ2) is 7.27. The number of rotatable bonds is 5. The fraction of sp³-hybridized carbons (Fsp3) is 0.316. The Morgan fingerprint density at radius 1 is 1.16 bits per heavy atom. The van der Waals surface area contributed by atoms with Gasteiger partial charge in [0, 0.05) is 6.04 Å². The molecule has 132 valence electrons. The van der Waals surface area contributed by atoms with Crippen LogP contribution in [0.2, 0.25) is 0 Å². The molecular formula is C19H21NO4S. The number of sulfone groups is 1. The van der Waals surface area contributed by atoms with Crippen LogP contribution in [0.1, 0.15) is 24.5 Å². The molecule has 6 heteroatoms. The molecule has 25 heavy (non-hydrogen) atoms. The van der Waals surface area contributed by atoms with Crippen molar-refractivity contribution in [3.05, 3.63) is 65.7 Å². The average Bonchev–Trinajstić information content (AvgIpc) is 2.90. The van der Waals surface area contributed by atoms with Crippen molar-refractivity contribution in [2.24, 2.45) is 0 Å². The topological polar surface area (TPSA) is 72.5 Å². The molecule has 2 atom stereocenters. The first kappa shape index (κ1) is 17.5. The van der Waals surface area contributed by atoms with Crippen molar-refractivity contribution in [2.75, 3.05) is 0 Å². The number of fused-ring (bicyclic) bond motifs is 1. The molecule has 1 N–H and O–H groups in total. The lowest BCUT2D eigenvalue weighted by Crippen LogP contribution is -2.45. The average molecular weight is 359 g/mol. The fourth-order valence-electron chi connectivity index (χ4n) is 3.17. The van der Waals surface area contributed by atoms with E-state index in [1.165, 1.54) is 0 Å². The predicted octanol–water partition coefficient (Wildman–Crippen LogP) is 3.09. The van der Waals surface area contributed by atoms with Gasteiger partial charge in [-0.3, -0.25) is 0 Å². The van der Waals surface area contributed by atoms with Gasteiger partial charge in [0.1, 0.15) is 6.61 Å². The van der Waals surface area contributed by atoms with Gasteiger partial charge >= 0.3 is 6.09 Å². The number of alkyl carbamates (subject to hydrolysis) is 1. The van der Waals surface area contributed by atoms with E-state index in [0.717, 1.165) is 11.1 Å². The van der Waals surface area contributed by atoms with Crippen LogP contribution in [0.4, 0.5) is 4.79 Å². The third-order valence-corrected chi connectivity index (χ3v) is 6.81. The third kappa shape index (κ3) is 3.69. The Kier molecular flexibility index (Phi) is 5.08. The van der Waals surface area contributed by atoms with Crippen LogP contribution in [-0.4, -0.2) is 25.8 Å². The highest BCUT2D eigenvalue weighted by atomic mass is 32.2. The van der Waals surface area contributed by atoms with Crippen molar-refractivity contribution >= 4 is 15.9 Å². The summed E-state index contributed by atoms with van der Waals surface area (Å²) < 4.78 is 30.7. The molecule has 3 rings (SSSR count). The Morgan fingerprint density at radius 3 is 2.52 bits per heavy atom. The smallest absolute Gasteiger partial charge is 0.407 e. The Morgan fingerprint density at radius 2 is 1.84 bits per heavy atom. The highest BCUT2D eigenvalue weighted by Gasteiger charge is 2.41. The lowest BCUT2D eigenvalue weighted by atomic mass is 10.0. The van der Waals surface area contributed by atoms with Crippen LogP contribution in [0.3, 0.4) is 0 Å². The molecule has 1 aliphatic heterocycles. The van der Waals surface area contributed by atoms with E-state index in [1.54, 1.807) is 12.1 Å². The Balaban J connectivity index is 1.66. The van der Waals surface area contributed by atoms with Gasteiger partial charge in [-0.25, -0.2) is 13.2 Å². The standard InChI is InChI=1S/C19H21NO4S/c1-2-16(20-19(21)24-13-14-8-4-3-5-9-14)18-12-15-10-6-7-11-17(15)25(18,22)23/h3-11,16,18H,2,12-13H2,1H3,(H,20,21)/t16-,18+/m0/s1. The van der Waals surface area contributed by atoms with E-state index in [4.69, 9.17) is 4.74 Å². The summed E-state index contributed by atoms with van der Waals surface area (Å²) in [5.41, 5.74) is 1.69. The fourth-order valence-corrected chi connectivity index (χ4v) is 5.38. The number of benzene rings is 2. The van der Waals surface area contributed by atoms with Crippen LogP contribution in [0, 0.1) is 0 Å². The number of ether oxygens (including phenoxy) is 1. The molecule has 0 radical (unpaired) electrons. The zero-order valence-corrected chi connectivity index (χ0v) is 14.8. The summed E-state index contributed by atoms with van der Waals surface area (Å²) in [5.74, 6) is 0. The molecule has 1 aliphatic rings. The summed E-state index contributed by atoms with van der Waals surface area (Å²) in [6.07, 6.45) is 0.329. The summed E-state index contributed by atoms with van der Waals surface area (Å²) in [6.45, 7) is 2.02. The zero-order chi connectivity index (χ0) is 17.9.